The molecule has 1 saturated heterocycles. The van der Waals surface area contributed by atoms with Gasteiger partial charge in [0.25, 0.3) is 0 Å². The first-order chi connectivity index (χ1) is 11.1. The number of rotatable bonds is 6. The van der Waals surface area contributed by atoms with Crippen LogP contribution in [0.5, 0.6) is 0 Å². The summed E-state index contributed by atoms with van der Waals surface area (Å²) >= 11 is 1.76. The molecule has 1 N–H and O–H groups in total. The molecular weight excluding hydrogens is 310 g/mol. The maximum Gasteiger partial charge on any atom is 0.223 e. The van der Waals surface area contributed by atoms with E-state index in [1.807, 2.05) is 6.92 Å². The van der Waals surface area contributed by atoms with Crippen molar-refractivity contribution in [3.63, 3.8) is 0 Å². The van der Waals surface area contributed by atoms with Crippen LogP contribution in [-0.2, 0) is 13.1 Å². The van der Waals surface area contributed by atoms with Gasteiger partial charge >= 0.3 is 0 Å². The summed E-state index contributed by atoms with van der Waals surface area (Å²) in [6.45, 7) is 9.95. The molecule has 2 aromatic rings. The van der Waals surface area contributed by atoms with Crippen LogP contribution < -0.4 is 5.32 Å². The number of nitrogens with zero attached hydrogens (tertiary/aromatic N) is 4. The van der Waals surface area contributed by atoms with E-state index in [1.54, 1.807) is 11.3 Å². The Labute approximate surface area is 141 Å². The fraction of sp³-hybridized carbons (Fsp3) is 0.688. The number of aryl methyl sites for hydroxylation is 1. The van der Waals surface area contributed by atoms with Gasteiger partial charge in [0.05, 0.1) is 17.2 Å². The summed E-state index contributed by atoms with van der Waals surface area (Å²) in [6.07, 6.45) is 2.41. The second kappa shape index (κ2) is 7.51. The molecular formula is C16H25N5OS. The highest BCUT2D eigenvalue weighted by molar-refractivity contribution is 7.09. The predicted molar refractivity (Wildman–Crippen MR) is 90.4 cm³/mol. The summed E-state index contributed by atoms with van der Waals surface area (Å²) < 4.78 is 5.05. The van der Waals surface area contributed by atoms with E-state index in [-0.39, 0.29) is 0 Å². The molecule has 1 atom stereocenters. The lowest BCUT2D eigenvalue weighted by Crippen LogP contribution is -2.45. The van der Waals surface area contributed by atoms with Crippen LogP contribution in [0.15, 0.2) is 9.90 Å². The van der Waals surface area contributed by atoms with Crippen molar-refractivity contribution >= 4 is 11.3 Å². The van der Waals surface area contributed by atoms with Gasteiger partial charge in [0.2, 0.25) is 5.89 Å². The molecule has 0 radical (unpaired) electrons. The second-order valence-corrected chi connectivity index (χ2v) is 7.41. The van der Waals surface area contributed by atoms with Crippen LogP contribution in [0.4, 0.5) is 0 Å². The number of piperidine rings is 1. The summed E-state index contributed by atoms with van der Waals surface area (Å²) in [5.74, 6) is 1.93. The maximum atomic E-state index is 5.05. The third-order valence-corrected chi connectivity index (χ3v) is 5.27. The SMILES string of the molecule is Cc1nc(CN2CCCC(NCc3csc(C(C)C)n3)C2)no1. The number of hydrogen-bond donors (Lipinski definition) is 1. The summed E-state index contributed by atoms with van der Waals surface area (Å²) in [5, 5.41) is 11.0. The normalized spacial score (nSPS) is 19.6. The van der Waals surface area contributed by atoms with Crippen molar-refractivity contribution in [1.29, 1.82) is 0 Å². The molecule has 3 heterocycles. The Kier molecular flexibility index (Phi) is 5.40. The van der Waals surface area contributed by atoms with E-state index in [4.69, 9.17) is 9.51 Å². The van der Waals surface area contributed by atoms with Crippen molar-refractivity contribution in [2.24, 2.45) is 0 Å². The predicted octanol–water partition coefficient (Wildman–Crippen LogP) is 2.71. The van der Waals surface area contributed by atoms with Crippen molar-refractivity contribution in [2.75, 3.05) is 13.1 Å². The lowest BCUT2D eigenvalue weighted by Gasteiger charge is -2.32. The number of thiazole rings is 1. The first kappa shape index (κ1) is 16.5. The molecule has 23 heavy (non-hydrogen) atoms. The molecule has 6 nitrogen and oxygen atoms in total. The van der Waals surface area contributed by atoms with Gasteiger partial charge < -0.3 is 9.84 Å². The molecule has 7 heteroatoms. The molecule has 0 bridgehead atoms. The number of likely N-dealkylation sites (tertiary alicyclic amines) is 1. The highest BCUT2D eigenvalue weighted by atomic mass is 32.1. The topological polar surface area (TPSA) is 67.1 Å². The monoisotopic (exact) mass is 335 g/mol. The van der Waals surface area contributed by atoms with E-state index in [0.717, 1.165) is 37.7 Å². The summed E-state index contributed by atoms with van der Waals surface area (Å²) in [6, 6.07) is 0.501. The molecule has 1 unspecified atom stereocenters. The van der Waals surface area contributed by atoms with E-state index < -0.39 is 0 Å². The van der Waals surface area contributed by atoms with Crippen LogP contribution in [0.1, 0.15) is 55.0 Å². The number of nitrogens with one attached hydrogen (secondary N) is 1. The Hall–Kier alpha value is -1.31. The molecule has 3 rings (SSSR count). The summed E-state index contributed by atoms with van der Waals surface area (Å²) in [5.41, 5.74) is 1.16. The van der Waals surface area contributed by atoms with Gasteiger partial charge in [-0.1, -0.05) is 19.0 Å². The van der Waals surface area contributed by atoms with Crippen LogP contribution in [-0.4, -0.2) is 39.2 Å². The molecule has 0 aliphatic carbocycles. The molecule has 0 amide bonds. The zero-order valence-corrected chi connectivity index (χ0v) is 14.9. The Balaban J connectivity index is 1.48. The summed E-state index contributed by atoms with van der Waals surface area (Å²) in [4.78, 5) is 11.4. The van der Waals surface area contributed by atoms with Gasteiger partial charge in [-0.15, -0.1) is 11.3 Å². The molecule has 126 valence electrons. The Morgan fingerprint density at radius 1 is 1.43 bits per heavy atom. The summed E-state index contributed by atoms with van der Waals surface area (Å²) in [7, 11) is 0. The molecule has 2 aromatic heterocycles. The highest BCUT2D eigenvalue weighted by Gasteiger charge is 2.21. The smallest absolute Gasteiger partial charge is 0.223 e. The van der Waals surface area contributed by atoms with E-state index in [2.05, 4.69) is 39.6 Å². The molecule has 1 fully saturated rings. The highest BCUT2D eigenvalue weighted by Crippen LogP contribution is 2.19. The van der Waals surface area contributed by atoms with Gasteiger partial charge in [0.1, 0.15) is 0 Å². The zero-order valence-electron chi connectivity index (χ0n) is 14.1. The van der Waals surface area contributed by atoms with E-state index in [9.17, 15) is 0 Å². The average Bonchev–Trinajstić information content (AvgIpc) is 3.15. The molecule has 1 aliphatic rings. The van der Waals surface area contributed by atoms with E-state index >= 15 is 0 Å². The van der Waals surface area contributed by atoms with Crippen LogP contribution in [0.25, 0.3) is 0 Å². The van der Waals surface area contributed by atoms with Crippen LogP contribution >= 0.6 is 11.3 Å². The van der Waals surface area contributed by atoms with Gasteiger partial charge in [-0.25, -0.2) is 4.98 Å². The van der Waals surface area contributed by atoms with Crippen molar-refractivity contribution in [3.8, 4) is 0 Å². The Bertz CT molecular complexity index is 624. The second-order valence-electron chi connectivity index (χ2n) is 6.52. The van der Waals surface area contributed by atoms with Crippen molar-refractivity contribution in [3.05, 3.63) is 27.8 Å². The third kappa shape index (κ3) is 4.59. The first-order valence-electron chi connectivity index (χ1n) is 8.29. The third-order valence-electron chi connectivity index (χ3n) is 4.08. The molecule has 0 aromatic carbocycles. The standard InChI is InChI=1S/C16H25N5OS/c1-11(2)16-19-14(10-23-16)7-17-13-5-4-6-21(8-13)9-15-18-12(3)22-20-15/h10-11,13,17H,4-9H2,1-3H3. The Morgan fingerprint density at radius 3 is 3.00 bits per heavy atom. The quantitative estimate of drug-likeness (QED) is 0.875. The van der Waals surface area contributed by atoms with Crippen LogP contribution in [0.3, 0.4) is 0 Å². The van der Waals surface area contributed by atoms with Gasteiger partial charge in [0.15, 0.2) is 5.82 Å². The van der Waals surface area contributed by atoms with Crippen molar-refractivity contribution < 1.29 is 4.52 Å². The molecule has 1 aliphatic heterocycles. The van der Waals surface area contributed by atoms with Crippen LogP contribution in [0.2, 0.25) is 0 Å². The first-order valence-corrected chi connectivity index (χ1v) is 9.17. The minimum Gasteiger partial charge on any atom is -0.340 e. The van der Waals surface area contributed by atoms with E-state index in [0.29, 0.717) is 17.9 Å². The van der Waals surface area contributed by atoms with Crippen molar-refractivity contribution in [1.82, 2.24) is 25.3 Å². The van der Waals surface area contributed by atoms with Gasteiger partial charge in [-0.3, -0.25) is 4.90 Å². The van der Waals surface area contributed by atoms with Crippen LogP contribution in [0, 0.1) is 6.92 Å². The van der Waals surface area contributed by atoms with Crippen molar-refractivity contribution in [2.45, 2.75) is 58.7 Å². The fourth-order valence-electron chi connectivity index (χ4n) is 2.89. The largest absolute Gasteiger partial charge is 0.340 e. The maximum absolute atomic E-state index is 5.05. The molecule has 0 spiro atoms. The average molecular weight is 335 g/mol. The molecule has 0 saturated carbocycles. The van der Waals surface area contributed by atoms with E-state index in [1.165, 1.54) is 17.8 Å². The Morgan fingerprint density at radius 2 is 2.30 bits per heavy atom. The number of aromatic nitrogens is 3. The lowest BCUT2D eigenvalue weighted by atomic mass is 10.1. The van der Waals surface area contributed by atoms with Gasteiger partial charge in [0, 0.05) is 37.4 Å². The lowest BCUT2D eigenvalue weighted by molar-refractivity contribution is 0.177. The fourth-order valence-corrected chi connectivity index (χ4v) is 3.72. The zero-order chi connectivity index (χ0) is 16.2. The minimum absolute atomic E-state index is 0.501. The minimum atomic E-state index is 0.501. The van der Waals surface area contributed by atoms with Gasteiger partial charge in [-0.2, -0.15) is 4.98 Å². The van der Waals surface area contributed by atoms with Gasteiger partial charge in [-0.05, 0) is 19.4 Å². The number of hydrogen-bond acceptors (Lipinski definition) is 7.